The van der Waals surface area contributed by atoms with Crippen LogP contribution in [-0.2, 0) is 4.79 Å². The molecule has 0 radical (unpaired) electrons. The predicted molar refractivity (Wildman–Crippen MR) is 131 cm³/mol. The summed E-state index contributed by atoms with van der Waals surface area (Å²) in [5, 5.41) is 10.2. The van der Waals surface area contributed by atoms with E-state index in [2.05, 4.69) is 5.43 Å². The highest BCUT2D eigenvalue weighted by Gasteiger charge is 2.40. The summed E-state index contributed by atoms with van der Waals surface area (Å²) >= 11 is 18.7. The smallest absolute Gasteiger partial charge is 0.282 e. The van der Waals surface area contributed by atoms with Crippen LogP contribution < -0.4 is 10.4 Å². The fourth-order valence-corrected chi connectivity index (χ4v) is 4.67. The summed E-state index contributed by atoms with van der Waals surface area (Å²) in [5.41, 5.74) is 5.21. The maximum atomic E-state index is 13.1. The summed E-state index contributed by atoms with van der Waals surface area (Å²) in [5.74, 6) is -0.321. The Labute approximate surface area is 203 Å². The number of piperidine rings is 1. The van der Waals surface area contributed by atoms with E-state index in [0.29, 0.717) is 26.5 Å². The summed E-state index contributed by atoms with van der Waals surface area (Å²) in [6.07, 6.45) is 3.37. The highest BCUT2D eigenvalue weighted by molar-refractivity contribution is 6.41. The zero-order chi connectivity index (χ0) is 21.3. The molecule has 2 aromatic carbocycles. The van der Waals surface area contributed by atoms with Crippen LogP contribution in [0.4, 0.5) is 5.69 Å². The molecule has 2 aliphatic heterocycles. The molecule has 166 valence electrons. The minimum Gasteiger partial charge on any atom is -0.284 e. The first-order chi connectivity index (χ1) is 14.4. The third-order valence-corrected chi connectivity index (χ3v) is 6.39. The van der Waals surface area contributed by atoms with Crippen LogP contribution in [0.5, 0.6) is 0 Å². The molecule has 1 saturated heterocycles. The Morgan fingerprint density at radius 1 is 1.00 bits per heavy atom. The lowest BCUT2D eigenvalue weighted by atomic mass is 9.91. The molecule has 2 aliphatic rings. The van der Waals surface area contributed by atoms with E-state index >= 15 is 0 Å². The molecule has 2 atom stereocenters. The lowest BCUT2D eigenvalue weighted by molar-refractivity contribution is -0.120. The second kappa shape index (κ2) is 10.4. The molecule has 2 heterocycles. The second-order valence-corrected chi connectivity index (χ2v) is 8.98. The number of anilines is 1. The monoisotopic (exact) mass is 500 g/mol. The first kappa shape index (κ1) is 24.1. The molecule has 31 heavy (non-hydrogen) atoms. The highest BCUT2D eigenvalue weighted by atomic mass is 35.5. The normalized spacial score (nSPS) is 21.4. The van der Waals surface area contributed by atoms with Gasteiger partial charge in [-0.05, 0) is 48.7 Å². The average molecular weight is 502 g/mol. The van der Waals surface area contributed by atoms with Crippen LogP contribution in [0.3, 0.4) is 0 Å². The van der Waals surface area contributed by atoms with Gasteiger partial charge in [0.05, 0.1) is 16.8 Å². The van der Waals surface area contributed by atoms with Crippen LogP contribution in [0.25, 0.3) is 0 Å². The summed E-state index contributed by atoms with van der Waals surface area (Å²) in [6, 6.07) is 12.7. The third-order valence-electron chi connectivity index (χ3n) is 5.60. The number of nitrogens with one attached hydrogen (secondary N) is 1. The number of hydrogen-bond acceptors (Lipinski definition) is 4. The molecule has 1 fully saturated rings. The first-order valence-electron chi connectivity index (χ1n) is 10.1. The van der Waals surface area contributed by atoms with Gasteiger partial charge in [0.1, 0.15) is 5.71 Å². The van der Waals surface area contributed by atoms with Crippen molar-refractivity contribution in [2.24, 2.45) is 11.0 Å². The van der Waals surface area contributed by atoms with E-state index in [4.69, 9.17) is 39.9 Å². The van der Waals surface area contributed by atoms with Crippen molar-refractivity contribution in [2.75, 3.05) is 18.1 Å². The maximum absolute atomic E-state index is 13.1. The van der Waals surface area contributed by atoms with E-state index in [1.54, 1.807) is 12.1 Å². The topological polar surface area (TPSA) is 47.9 Å². The van der Waals surface area contributed by atoms with Crippen molar-refractivity contribution in [2.45, 2.75) is 32.2 Å². The van der Waals surface area contributed by atoms with Crippen LogP contribution in [-0.4, -0.2) is 29.7 Å². The van der Waals surface area contributed by atoms with Crippen molar-refractivity contribution in [1.82, 2.24) is 10.4 Å². The zero-order valence-corrected chi connectivity index (χ0v) is 20.1. The first-order valence-corrected chi connectivity index (χ1v) is 11.2. The quantitative estimate of drug-likeness (QED) is 0.547. The number of hydrazine groups is 1. The molecule has 0 aromatic heterocycles. The SMILES string of the molecule is C[C@@H]1C(C(=O)NN2CCCCC2)=NN(c2ccc(Cl)cc2Cl)[C@H]1c1ccc(Cl)cc1.Cl. The molecule has 1 N–H and O–H groups in total. The Morgan fingerprint density at radius 2 is 1.65 bits per heavy atom. The largest absolute Gasteiger partial charge is 0.284 e. The van der Waals surface area contributed by atoms with Crippen molar-refractivity contribution in [3.8, 4) is 0 Å². The maximum Gasteiger partial charge on any atom is 0.282 e. The number of hydrogen-bond donors (Lipinski definition) is 1. The van der Waals surface area contributed by atoms with E-state index in [0.717, 1.165) is 31.5 Å². The number of amides is 1. The van der Waals surface area contributed by atoms with Gasteiger partial charge in [-0.25, -0.2) is 5.01 Å². The molecule has 0 bridgehead atoms. The van der Waals surface area contributed by atoms with Gasteiger partial charge < -0.3 is 0 Å². The minimum atomic E-state index is -0.192. The molecule has 0 unspecified atom stereocenters. The van der Waals surface area contributed by atoms with Crippen molar-refractivity contribution in [3.63, 3.8) is 0 Å². The van der Waals surface area contributed by atoms with Crippen molar-refractivity contribution in [1.29, 1.82) is 0 Å². The summed E-state index contributed by atoms with van der Waals surface area (Å²) < 4.78 is 0. The number of nitrogens with zero attached hydrogens (tertiary/aromatic N) is 3. The molecule has 0 spiro atoms. The molecule has 9 heteroatoms. The standard InChI is InChI=1S/C22H23Cl3N4O.ClH/c1-14-20(22(30)27-28-11-3-2-4-12-28)26-29(19-10-9-17(24)13-18(19)25)21(14)15-5-7-16(23)8-6-15;/h5-10,13-14,21H,2-4,11-12H2,1H3,(H,27,30);1H/t14-,21-;/m1./s1. The molecule has 1 amide bonds. The molecule has 0 aliphatic carbocycles. The van der Waals surface area contributed by atoms with E-state index in [1.807, 2.05) is 47.3 Å². The number of carbonyl (C=O) groups excluding carboxylic acids is 1. The average Bonchev–Trinajstić information content (AvgIpc) is 3.06. The van der Waals surface area contributed by atoms with E-state index < -0.39 is 0 Å². The molecule has 0 saturated carbocycles. The predicted octanol–water partition coefficient (Wildman–Crippen LogP) is 6.14. The van der Waals surface area contributed by atoms with Crippen LogP contribution in [0.15, 0.2) is 47.6 Å². The molecule has 5 nitrogen and oxygen atoms in total. The van der Waals surface area contributed by atoms with E-state index in [9.17, 15) is 4.79 Å². The van der Waals surface area contributed by atoms with Crippen LogP contribution >= 0.6 is 47.2 Å². The van der Waals surface area contributed by atoms with Gasteiger partial charge in [0.25, 0.3) is 5.91 Å². The Hall–Kier alpha value is -1.50. The van der Waals surface area contributed by atoms with Gasteiger partial charge in [0, 0.05) is 29.1 Å². The highest BCUT2D eigenvalue weighted by Crippen LogP contribution is 2.42. The Bertz CT molecular complexity index is 960. The van der Waals surface area contributed by atoms with Gasteiger partial charge in [0.15, 0.2) is 0 Å². The number of halogens is 4. The van der Waals surface area contributed by atoms with Gasteiger partial charge in [-0.1, -0.05) is 60.3 Å². The zero-order valence-electron chi connectivity index (χ0n) is 17.0. The lowest BCUT2D eigenvalue weighted by Gasteiger charge is -2.28. The minimum absolute atomic E-state index is 0. The Kier molecular flexibility index (Phi) is 8.11. The Morgan fingerprint density at radius 3 is 2.29 bits per heavy atom. The number of carbonyl (C=O) groups is 1. The van der Waals surface area contributed by atoms with Gasteiger partial charge in [-0.3, -0.25) is 15.2 Å². The van der Waals surface area contributed by atoms with Crippen LogP contribution in [0.2, 0.25) is 15.1 Å². The summed E-state index contributed by atoms with van der Waals surface area (Å²) in [4.78, 5) is 13.1. The fraction of sp³-hybridized carbons (Fsp3) is 0.364. The Balaban J connectivity index is 0.00000272. The molecular formula is C22H24Cl4N4O. The number of hydrazone groups is 1. The van der Waals surface area contributed by atoms with E-state index in [1.165, 1.54) is 6.42 Å². The lowest BCUT2D eigenvalue weighted by Crippen LogP contribution is -2.48. The molecular weight excluding hydrogens is 478 g/mol. The van der Waals surface area contributed by atoms with Crippen LogP contribution in [0, 0.1) is 5.92 Å². The number of benzene rings is 2. The third kappa shape index (κ3) is 5.29. The second-order valence-electron chi connectivity index (χ2n) is 7.70. The van der Waals surface area contributed by atoms with Gasteiger partial charge in [0.2, 0.25) is 0 Å². The number of rotatable bonds is 4. The van der Waals surface area contributed by atoms with Crippen molar-refractivity contribution >= 4 is 64.5 Å². The van der Waals surface area contributed by atoms with Crippen molar-refractivity contribution < 1.29 is 4.79 Å². The van der Waals surface area contributed by atoms with Gasteiger partial charge in [-0.2, -0.15) is 5.10 Å². The molecule has 4 rings (SSSR count). The van der Waals surface area contributed by atoms with Crippen LogP contribution in [0.1, 0.15) is 37.8 Å². The van der Waals surface area contributed by atoms with Crippen molar-refractivity contribution in [3.05, 3.63) is 63.1 Å². The summed E-state index contributed by atoms with van der Waals surface area (Å²) in [6.45, 7) is 3.74. The summed E-state index contributed by atoms with van der Waals surface area (Å²) in [7, 11) is 0. The fourth-order valence-electron chi connectivity index (χ4n) is 4.05. The van der Waals surface area contributed by atoms with E-state index in [-0.39, 0.29) is 30.3 Å². The van der Waals surface area contributed by atoms with Gasteiger partial charge in [-0.15, -0.1) is 12.4 Å². The molecule has 2 aromatic rings. The van der Waals surface area contributed by atoms with Gasteiger partial charge >= 0.3 is 0 Å².